The van der Waals surface area contributed by atoms with Crippen molar-refractivity contribution in [3.63, 3.8) is 0 Å². The minimum Gasteiger partial charge on any atom is -0.376 e. The average Bonchev–Trinajstić information content (AvgIpc) is 3.29. The highest BCUT2D eigenvalue weighted by atomic mass is 32.2. The van der Waals surface area contributed by atoms with Crippen molar-refractivity contribution in [2.75, 3.05) is 18.9 Å². The van der Waals surface area contributed by atoms with E-state index >= 15 is 0 Å². The van der Waals surface area contributed by atoms with Gasteiger partial charge in [0.25, 0.3) is 0 Å². The van der Waals surface area contributed by atoms with E-state index in [2.05, 4.69) is 33.0 Å². The molecule has 7 nitrogen and oxygen atoms in total. The Morgan fingerprint density at radius 2 is 2.24 bits per heavy atom. The maximum absolute atomic E-state index is 11.9. The van der Waals surface area contributed by atoms with Crippen LogP contribution in [0.5, 0.6) is 0 Å². The van der Waals surface area contributed by atoms with Crippen LogP contribution in [0.2, 0.25) is 0 Å². The lowest BCUT2D eigenvalue weighted by Gasteiger charge is -2.10. The summed E-state index contributed by atoms with van der Waals surface area (Å²) in [6, 6.07) is 10.1. The number of carbonyl (C=O) groups excluding carboxylic acids is 1. The van der Waals surface area contributed by atoms with Gasteiger partial charge in [-0.2, -0.15) is 0 Å². The molecule has 1 aliphatic heterocycles. The molecule has 1 aliphatic rings. The van der Waals surface area contributed by atoms with Gasteiger partial charge in [-0.1, -0.05) is 42.1 Å². The van der Waals surface area contributed by atoms with E-state index in [9.17, 15) is 4.79 Å². The van der Waals surface area contributed by atoms with E-state index in [0.717, 1.165) is 31.0 Å². The smallest absolute Gasteiger partial charge is 0.220 e. The van der Waals surface area contributed by atoms with Gasteiger partial charge in [0.15, 0.2) is 0 Å². The van der Waals surface area contributed by atoms with Crippen molar-refractivity contribution >= 4 is 17.7 Å². The van der Waals surface area contributed by atoms with Crippen molar-refractivity contribution in [2.24, 2.45) is 0 Å². The predicted molar refractivity (Wildman–Crippen MR) is 95.3 cm³/mol. The molecule has 25 heavy (non-hydrogen) atoms. The Morgan fingerprint density at radius 3 is 3.04 bits per heavy atom. The molecule has 1 N–H and O–H groups in total. The lowest BCUT2D eigenvalue weighted by Crippen LogP contribution is -2.26. The Kier molecular flexibility index (Phi) is 6.81. The first-order valence-electron chi connectivity index (χ1n) is 8.62. The summed E-state index contributed by atoms with van der Waals surface area (Å²) in [6.45, 7) is 2.15. The Hall–Kier alpha value is -1.93. The highest BCUT2D eigenvalue weighted by Crippen LogP contribution is 2.18. The zero-order chi connectivity index (χ0) is 17.3. The second kappa shape index (κ2) is 9.53. The fourth-order valence-electron chi connectivity index (χ4n) is 2.71. The van der Waals surface area contributed by atoms with Gasteiger partial charge >= 0.3 is 0 Å². The number of nitrogens with one attached hydrogen (secondary N) is 1. The number of aromatic nitrogens is 4. The van der Waals surface area contributed by atoms with Crippen molar-refractivity contribution < 1.29 is 9.53 Å². The second-order valence-corrected chi connectivity index (χ2v) is 7.02. The van der Waals surface area contributed by atoms with Gasteiger partial charge in [-0.15, -0.1) is 5.10 Å². The normalized spacial score (nSPS) is 16.9. The Labute approximate surface area is 151 Å². The van der Waals surface area contributed by atoms with Crippen molar-refractivity contribution in [3.05, 3.63) is 35.9 Å². The molecule has 0 radical (unpaired) electrons. The third kappa shape index (κ3) is 5.82. The number of hydrogen-bond acceptors (Lipinski definition) is 6. The number of carbonyl (C=O) groups is 1. The van der Waals surface area contributed by atoms with Crippen LogP contribution < -0.4 is 5.32 Å². The van der Waals surface area contributed by atoms with Crippen LogP contribution in [0.15, 0.2) is 35.5 Å². The van der Waals surface area contributed by atoms with Gasteiger partial charge < -0.3 is 10.1 Å². The molecule has 1 amide bonds. The largest absolute Gasteiger partial charge is 0.376 e. The molecule has 134 valence electrons. The first-order valence-corrected chi connectivity index (χ1v) is 9.61. The number of tetrazole rings is 1. The number of hydrogen-bond donors (Lipinski definition) is 1. The fourth-order valence-corrected chi connectivity index (χ4v) is 3.53. The third-order valence-electron chi connectivity index (χ3n) is 4.04. The molecule has 3 rings (SSSR count). The highest BCUT2D eigenvalue weighted by molar-refractivity contribution is 7.99. The van der Waals surface area contributed by atoms with Crippen LogP contribution in [0.25, 0.3) is 0 Å². The van der Waals surface area contributed by atoms with Crippen molar-refractivity contribution in [1.29, 1.82) is 0 Å². The van der Waals surface area contributed by atoms with Gasteiger partial charge in [-0.05, 0) is 35.3 Å². The van der Waals surface area contributed by atoms with Crippen LogP contribution in [0.4, 0.5) is 0 Å². The molecule has 1 saturated heterocycles. The first kappa shape index (κ1) is 17.9. The molecule has 8 heteroatoms. The number of ether oxygens (including phenoxy) is 1. The summed E-state index contributed by atoms with van der Waals surface area (Å²) in [4.78, 5) is 11.9. The summed E-state index contributed by atoms with van der Waals surface area (Å²) < 4.78 is 7.39. The Morgan fingerprint density at radius 1 is 1.36 bits per heavy atom. The van der Waals surface area contributed by atoms with Gasteiger partial charge in [0.1, 0.15) is 0 Å². The SMILES string of the molecule is O=C(CCSc1nnnn1C[C@@H]1CCCO1)NCCc1ccccc1. The zero-order valence-electron chi connectivity index (χ0n) is 14.1. The first-order chi connectivity index (χ1) is 12.3. The number of amides is 1. The Bertz CT molecular complexity index is 658. The maximum Gasteiger partial charge on any atom is 0.220 e. The van der Waals surface area contributed by atoms with E-state index in [-0.39, 0.29) is 12.0 Å². The molecule has 2 heterocycles. The molecule has 1 aromatic carbocycles. The molecule has 2 aromatic rings. The number of rotatable bonds is 9. The number of benzene rings is 1. The summed E-state index contributed by atoms with van der Waals surface area (Å²) in [6.07, 6.45) is 3.64. The molecular formula is C17H23N5O2S. The predicted octanol–water partition coefficient (Wildman–Crippen LogP) is 1.69. The molecule has 0 bridgehead atoms. The van der Waals surface area contributed by atoms with Crippen LogP contribution in [-0.2, 0) is 22.5 Å². The zero-order valence-corrected chi connectivity index (χ0v) is 15.0. The fraction of sp³-hybridized carbons (Fsp3) is 0.529. The van der Waals surface area contributed by atoms with Gasteiger partial charge in [0, 0.05) is 25.3 Å². The summed E-state index contributed by atoms with van der Waals surface area (Å²) >= 11 is 1.51. The third-order valence-corrected chi connectivity index (χ3v) is 5.00. The van der Waals surface area contributed by atoms with Crippen molar-refractivity contribution in [2.45, 2.75) is 43.5 Å². The molecule has 0 aliphatic carbocycles. The number of nitrogens with zero attached hydrogens (tertiary/aromatic N) is 4. The molecule has 0 spiro atoms. The van der Waals surface area contributed by atoms with E-state index in [4.69, 9.17) is 4.74 Å². The van der Waals surface area contributed by atoms with E-state index < -0.39 is 0 Å². The topological polar surface area (TPSA) is 81.9 Å². The molecule has 1 fully saturated rings. The molecular weight excluding hydrogens is 338 g/mol. The van der Waals surface area contributed by atoms with Crippen LogP contribution in [0, 0.1) is 0 Å². The van der Waals surface area contributed by atoms with Gasteiger partial charge in [-0.25, -0.2) is 4.68 Å². The molecule has 0 saturated carbocycles. The second-order valence-electron chi connectivity index (χ2n) is 5.96. The van der Waals surface area contributed by atoms with E-state index in [1.807, 2.05) is 18.2 Å². The molecule has 1 atom stereocenters. The minimum absolute atomic E-state index is 0.0570. The molecule has 0 unspecified atom stereocenters. The van der Waals surface area contributed by atoms with Crippen LogP contribution in [-0.4, -0.2) is 51.1 Å². The average molecular weight is 361 g/mol. The summed E-state index contributed by atoms with van der Waals surface area (Å²) in [5, 5.41) is 15.5. The van der Waals surface area contributed by atoms with Crippen LogP contribution in [0.3, 0.4) is 0 Å². The van der Waals surface area contributed by atoms with Crippen LogP contribution >= 0.6 is 11.8 Å². The molecule has 1 aromatic heterocycles. The van der Waals surface area contributed by atoms with E-state index in [1.165, 1.54) is 17.3 Å². The van der Waals surface area contributed by atoms with Gasteiger partial charge in [0.05, 0.1) is 12.6 Å². The highest BCUT2D eigenvalue weighted by Gasteiger charge is 2.18. The maximum atomic E-state index is 11.9. The van der Waals surface area contributed by atoms with Crippen LogP contribution in [0.1, 0.15) is 24.8 Å². The lowest BCUT2D eigenvalue weighted by atomic mass is 10.1. The lowest BCUT2D eigenvalue weighted by molar-refractivity contribution is -0.120. The summed E-state index contributed by atoms with van der Waals surface area (Å²) in [7, 11) is 0. The van der Waals surface area contributed by atoms with Crippen molar-refractivity contribution in [1.82, 2.24) is 25.5 Å². The number of thioether (sulfide) groups is 1. The van der Waals surface area contributed by atoms with E-state index in [0.29, 0.717) is 25.3 Å². The van der Waals surface area contributed by atoms with Crippen molar-refractivity contribution in [3.8, 4) is 0 Å². The summed E-state index contributed by atoms with van der Waals surface area (Å²) in [5.74, 6) is 0.713. The van der Waals surface area contributed by atoms with Gasteiger partial charge in [-0.3, -0.25) is 4.79 Å². The standard InChI is InChI=1S/C17H23N5O2S/c23-16(18-10-8-14-5-2-1-3-6-14)9-12-25-17-19-20-21-22(17)13-15-7-4-11-24-15/h1-3,5-6,15H,4,7-13H2,(H,18,23)/t15-/m0/s1. The Balaban J connectivity index is 1.33. The van der Waals surface area contributed by atoms with Gasteiger partial charge in [0.2, 0.25) is 11.1 Å². The summed E-state index contributed by atoms with van der Waals surface area (Å²) in [5.41, 5.74) is 1.23. The quantitative estimate of drug-likeness (QED) is 0.685. The minimum atomic E-state index is 0.0570. The monoisotopic (exact) mass is 361 g/mol. The van der Waals surface area contributed by atoms with E-state index in [1.54, 1.807) is 4.68 Å².